The fourth-order valence-corrected chi connectivity index (χ4v) is 4.87. The molecule has 0 aliphatic heterocycles. The number of benzene rings is 3. The molecule has 2 amide bonds. The number of halogens is 1. The lowest BCUT2D eigenvalue weighted by Gasteiger charge is -2.34. The maximum Gasteiger partial charge on any atom is 0.244 e. The molecule has 38 heavy (non-hydrogen) atoms. The van der Waals surface area contributed by atoms with E-state index in [2.05, 4.69) is 5.32 Å². The fraction of sp³-hybridized carbons (Fsp3) is 0.310. The second-order valence-corrected chi connectivity index (χ2v) is 11.2. The van der Waals surface area contributed by atoms with Crippen LogP contribution in [0.15, 0.2) is 84.9 Å². The van der Waals surface area contributed by atoms with Crippen molar-refractivity contribution in [3.8, 4) is 0 Å². The first-order valence-corrected chi connectivity index (χ1v) is 14.3. The summed E-state index contributed by atoms with van der Waals surface area (Å²) in [5.74, 6) is -1.73. The smallest absolute Gasteiger partial charge is 0.244 e. The lowest BCUT2D eigenvalue weighted by Crippen LogP contribution is -2.54. The van der Waals surface area contributed by atoms with Gasteiger partial charge in [-0.1, -0.05) is 79.7 Å². The molecule has 2 atom stereocenters. The molecule has 0 bridgehead atoms. The Morgan fingerprint density at radius 2 is 1.45 bits per heavy atom. The lowest BCUT2D eigenvalue weighted by molar-refractivity contribution is -0.140. The van der Waals surface area contributed by atoms with Gasteiger partial charge >= 0.3 is 0 Å². The number of nitrogens with zero attached hydrogens (tertiary/aromatic N) is 2. The summed E-state index contributed by atoms with van der Waals surface area (Å²) in [5.41, 5.74) is 1.38. The highest BCUT2D eigenvalue weighted by Crippen LogP contribution is 2.23. The average Bonchev–Trinajstić information content (AvgIpc) is 2.90. The number of amides is 2. The van der Waals surface area contributed by atoms with Crippen molar-refractivity contribution in [2.45, 2.75) is 45.3 Å². The molecule has 3 aromatic carbocycles. The molecule has 9 heteroatoms. The Labute approximate surface area is 224 Å². The van der Waals surface area contributed by atoms with E-state index in [1.165, 1.54) is 23.1 Å². The largest absolute Gasteiger partial charge is 0.352 e. The van der Waals surface area contributed by atoms with Crippen LogP contribution >= 0.6 is 0 Å². The molecular formula is C29H34FN3O4S. The minimum atomic E-state index is -4.02. The van der Waals surface area contributed by atoms with Crippen LogP contribution in [0.25, 0.3) is 0 Å². The van der Waals surface area contributed by atoms with Crippen LogP contribution in [0.4, 0.5) is 10.1 Å². The number of rotatable bonds is 12. The van der Waals surface area contributed by atoms with Gasteiger partial charge in [0.2, 0.25) is 21.8 Å². The van der Waals surface area contributed by atoms with Crippen LogP contribution < -0.4 is 9.62 Å². The molecule has 0 saturated heterocycles. The highest BCUT2D eigenvalue weighted by Gasteiger charge is 2.33. The number of nitrogens with one attached hydrogen (secondary N) is 1. The quantitative estimate of drug-likeness (QED) is 0.375. The predicted molar refractivity (Wildman–Crippen MR) is 147 cm³/mol. The van der Waals surface area contributed by atoms with Gasteiger partial charge in [0, 0.05) is 19.0 Å². The first-order chi connectivity index (χ1) is 18.1. The topological polar surface area (TPSA) is 86.8 Å². The van der Waals surface area contributed by atoms with Crippen molar-refractivity contribution < 1.29 is 22.4 Å². The van der Waals surface area contributed by atoms with Crippen molar-refractivity contribution in [3.63, 3.8) is 0 Å². The summed E-state index contributed by atoms with van der Waals surface area (Å²) in [6.45, 7) is 3.24. The normalized spacial score (nSPS) is 12.8. The van der Waals surface area contributed by atoms with Gasteiger partial charge in [0.15, 0.2) is 0 Å². The van der Waals surface area contributed by atoms with Gasteiger partial charge < -0.3 is 10.2 Å². The van der Waals surface area contributed by atoms with Crippen molar-refractivity contribution in [1.29, 1.82) is 0 Å². The van der Waals surface area contributed by atoms with Gasteiger partial charge in [-0.15, -0.1) is 0 Å². The van der Waals surface area contributed by atoms with Crippen molar-refractivity contribution in [2.24, 2.45) is 0 Å². The first-order valence-electron chi connectivity index (χ1n) is 12.5. The zero-order valence-electron chi connectivity index (χ0n) is 21.9. The Hall–Kier alpha value is -3.72. The van der Waals surface area contributed by atoms with E-state index in [0.29, 0.717) is 6.42 Å². The van der Waals surface area contributed by atoms with Gasteiger partial charge in [-0.25, -0.2) is 12.8 Å². The SMILES string of the molecule is CC[C@@H](C)NC(=O)[C@H](Cc1ccccc1)N(Cc1ccccc1)C(=O)CN(c1ccccc1F)S(C)(=O)=O. The molecule has 0 saturated carbocycles. The number of carbonyl (C=O) groups is 2. The van der Waals surface area contributed by atoms with Crippen LogP contribution in [0, 0.1) is 5.82 Å². The molecular weight excluding hydrogens is 505 g/mol. The molecule has 1 N–H and O–H groups in total. The molecule has 0 spiro atoms. The zero-order chi connectivity index (χ0) is 27.7. The van der Waals surface area contributed by atoms with Crippen LogP contribution in [-0.2, 0) is 32.6 Å². The van der Waals surface area contributed by atoms with Gasteiger partial charge in [0.1, 0.15) is 18.4 Å². The van der Waals surface area contributed by atoms with Crippen LogP contribution in [0.5, 0.6) is 0 Å². The summed E-state index contributed by atoms with van der Waals surface area (Å²) in [5, 5.41) is 2.97. The van der Waals surface area contributed by atoms with E-state index in [9.17, 15) is 22.4 Å². The third kappa shape index (κ3) is 7.89. The minimum absolute atomic E-state index is 0.0694. The number of anilines is 1. The summed E-state index contributed by atoms with van der Waals surface area (Å²) >= 11 is 0. The van der Waals surface area contributed by atoms with Crippen LogP contribution in [0.3, 0.4) is 0 Å². The summed E-state index contributed by atoms with van der Waals surface area (Å²) in [6.07, 6.45) is 1.84. The standard InChI is InChI=1S/C29H34FN3O4S/c1-4-22(2)31-29(35)27(19-23-13-7-5-8-14-23)32(20-24-15-9-6-10-16-24)28(34)21-33(38(3,36)37)26-18-12-11-17-25(26)30/h5-18,22,27H,4,19-21H2,1-3H3,(H,31,35)/t22-,27+/m1/s1. The molecule has 7 nitrogen and oxygen atoms in total. The van der Waals surface area contributed by atoms with Crippen molar-refractivity contribution >= 4 is 27.5 Å². The molecule has 3 rings (SSSR count). The number of hydrogen-bond acceptors (Lipinski definition) is 4. The van der Waals surface area contributed by atoms with E-state index in [0.717, 1.165) is 27.8 Å². The highest BCUT2D eigenvalue weighted by molar-refractivity contribution is 7.92. The van der Waals surface area contributed by atoms with E-state index in [1.807, 2.05) is 74.5 Å². The number of sulfonamides is 1. The van der Waals surface area contributed by atoms with Gasteiger partial charge in [-0.2, -0.15) is 0 Å². The van der Waals surface area contributed by atoms with Crippen molar-refractivity contribution in [1.82, 2.24) is 10.2 Å². The van der Waals surface area contributed by atoms with E-state index >= 15 is 0 Å². The third-order valence-electron chi connectivity index (χ3n) is 6.27. The Morgan fingerprint density at radius 3 is 2.00 bits per heavy atom. The van der Waals surface area contributed by atoms with Crippen LogP contribution in [-0.4, -0.2) is 50.0 Å². The molecule has 0 radical (unpaired) electrons. The van der Waals surface area contributed by atoms with E-state index < -0.39 is 34.3 Å². The maximum absolute atomic E-state index is 14.6. The van der Waals surface area contributed by atoms with Gasteiger partial charge in [0.05, 0.1) is 11.9 Å². The Kier molecular flexibility index (Phi) is 10.0. The number of hydrogen-bond donors (Lipinski definition) is 1. The average molecular weight is 540 g/mol. The number of carbonyl (C=O) groups excluding carboxylic acids is 2. The summed E-state index contributed by atoms with van der Waals surface area (Å²) < 4.78 is 40.8. The van der Waals surface area contributed by atoms with Crippen molar-refractivity contribution in [2.75, 3.05) is 17.1 Å². The molecule has 0 aromatic heterocycles. The fourth-order valence-electron chi connectivity index (χ4n) is 4.02. The van der Waals surface area contributed by atoms with E-state index in [-0.39, 0.29) is 30.6 Å². The number of para-hydroxylation sites is 1. The molecule has 3 aromatic rings. The lowest BCUT2D eigenvalue weighted by atomic mass is 10.0. The Balaban J connectivity index is 2.05. The molecule has 0 aliphatic rings. The first kappa shape index (κ1) is 28.8. The summed E-state index contributed by atoms with van der Waals surface area (Å²) in [4.78, 5) is 28.8. The minimum Gasteiger partial charge on any atom is -0.352 e. The second-order valence-electron chi connectivity index (χ2n) is 9.25. The molecule has 0 aliphatic carbocycles. The van der Waals surface area contributed by atoms with E-state index in [1.54, 1.807) is 0 Å². The molecule has 0 fully saturated rings. The molecule has 202 valence electrons. The van der Waals surface area contributed by atoms with Gasteiger partial charge in [0.25, 0.3) is 0 Å². The zero-order valence-corrected chi connectivity index (χ0v) is 22.7. The summed E-state index contributed by atoms with van der Waals surface area (Å²) in [6, 6.07) is 22.8. The van der Waals surface area contributed by atoms with Gasteiger partial charge in [-0.05, 0) is 36.6 Å². The molecule has 0 heterocycles. The maximum atomic E-state index is 14.6. The second kappa shape index (κ2) is 13.2. The molecule has 0 unspecified atom stereocenters. The van der Waals surface area contributed by atoms with Crippen molar-refractivity contribution in [3.05, 3.63) is 102 Å². The van der Waals surface area contributed by atoms with Gasteiger partial charge in [-0.3, -0.25) is 13.9 Å². The Morgan fingerprint density at radius 1 is 0.895 bits per heavy atom. The Bertz CT molecular complexity index is 1320. The monoisotopic (exact) mass is 539 g/mol. The van der Waals surface area contributed by atoms with Crippen LogP contribution in [0.1, 0.15) is 31.4 Å². The summed E-state index contributed by atoms with van der Waals surface area (Å²) in [7, 11) is -4.02. The highest BCUT2D eigenvalue weighted by atomic mass is 32.2. The third-order valence-corrected chi connectivity index (χ3v) is 7.39. The van der Waals surface area contributed by atoms with Crippen LogP contribution in [0.2, 0.25) is 0 Å². The van der Waals surface area contributed by atoms with E-state index in [4.69, 9.17) is 0 Å². The predicted octanol–water partition coefficient (Wildman–Crippen LogP) is 4.15.